The van der Waals surface area contributed by atoms with E-state index in [4.69, 9.17) is 4.74 Å². The molecule has 1 aromatic carbocycles. The fourth-order valence-corrected chi connectivity index (χ4v) is 2.77. The van der Waals surface area contributed by atoms with Gasteiger partial charge in [-0.3, -0.25) is 10.1 Å². The van der Waals surface area contributed by atoms with Crippen molar-refractivity contribution in [3.05, 3.63) is 35.9 Å². The van der Waals surface area contributed by atoms with Crippen LogP contribution in [0, 0.1) is 0 Å². The van der Waals surface area contributed by atoms with E-state index in [1.165, 1.54) is 6.08 Å². The molecule has 1 aliphatic heterocycles. The monoisotopic (exact) mass is 306 g/mol. The molecule has 6 heteroatoms. The number of carbonyl (C=O) groups is 2. The van der Waals surface area contributed by atoms with E-state index in [2.05, 4.69) is 10.6 Å². The molecule has 1 aromatic rings. The van der Waals surface area contributed by atoms with Crippen LogP contribution in [-0.4, -0.2) is 36.2 Å². The quantitative estimate of drug-likeness (QED) is 0.642. The summed E-state index contributed by atoms with van der Waals surface area (Å²) < 4.78 is 4.81. The minimum Gasteiger partial charge on any atom is -0.463 e. The Balaban J connectivity index is 1.89. The first-order chi connectivity index (χ1) is 10.2. The Morgan fingerprint density at radius 2 is 2.19 bits per heavy atom. The van der Waals surface area contributed by atoms with Crippen LogP contribution in [0.2, 0.25) is 0 Å². The molecule has 2 N–H and O–H groups in total. The molecule has 1 aliphatic rings. The van der Waals surface area contributed by atoms with Gasteiger partial charge in [-0.05, 0) is 30.7 Å². The first-order valence-electron chi connectivity index (χ1n) is 6.76. The molecule has 0 aliphatic carbocycles. The van der Waals surface area contributed by atoms with Crippen molar-refractivity contribution in [3.63, 3.8) is 0 Å². The van der Waals surface area contributed by atoms with E-state index < -0.39 is 0 Å². The normalized spacial score (nSPS) is 17.9. The Labute approximate surface area is 128 Å². The molecule has 1 fully saturated rings. The summed E-state index contributed by atoms with van der Waals surface area (Å²) in [4.78, 5) is 23.1. The highest BCUT2D eigenvalue weighted by molar-refractivity contribution is 7.99. The van der Waals surface area contributed by atoms with Crippen molar-refractivity contribution >= 4 is 35.4 Å². The molecule has 0 radical (unpaired) electrons. The van der Waals surface area contributed by atoms with Crippen LogP contribution < -0.4 is 10.6 Å². The maximum atomic E-state index is 11.9. The van der Waals surface area contributed by atoms with Gasteiger partial charge in [0.2, 0.25) is 5.91 Å². The summed E-state index contributed by atoms with van der Waals surface area (Å²) in [6, 6.07) is 7.17. The van der Waals surface area contributed by atoms with Crippen LogP contribution in [-0.2, 0) is 14.3 Å². The number of carbonyl (C=O) groups excluding carboxylic acids is 2. The molecule has 0 aromatic heterocycles. The fourth-order valence-electron chi connectivity index (χ4n) is 1.83. The number of amides is 1. The average Bonchev–Trinajstić information content (AvgIpc) is 3.01. The first kappa shape index (κ1) is 15.6. The molecule has 0 bridgehead atoms. The van der Waals surface area contributed by atoms with Crippen LogP contribution >= 0.6 is 11.8 Å². The molecule has 5 nitrogen and oxygen atoms in total. The highest BCUT2D eigenvalue weighted by Crippen LogP contribution is 2.14. The SMILES string of the molecule is CCOC(=O)/C=C/c1ccc(NC(=O)C2CSCN2)cc1. The van der Waals surface area contributed by atoms with Crippen LogP contribution in [0.3, 0.4) is 0 Å². The number of nitrogens with one attached hydrogen (secondary N) is 2. The van der Waals surface area contributed by atoms with Gasteiger partial charge in [-0.15, -0.1) is 11.8 Å². The summed E-state index contributed by atoms with van der Waals surface area (Å²) in [6.45, 7) is 2.13. The second-order valence-corrected chi connectivity index (χ2v) is 5.50. The van der Waals surface area contributed by atoms with Crippen molar-refractivity contribution in [2.24, 2.45) is 0 Å². The average molecular weight is 306 g/mol. The summed E-state index contributed by atoms with van der Waals surface area (Å²) in [7, 11) is 0. The van der Waals surface area contributed by atoms with Crippen LogP contribution in [0.4, 0.5) is 5.69 Å². The summed E-state index contributed by atoms with van der Waals surface area (Å²) in [6.07, 6.45) is 3.06. The highest BCUT2D eigenvalue weighted by atomic mass is 32.2. The number of hydrogen-bond acceptors (Lipinski definition) is 5. The van der Waals surface area contributed by atoms with Crippen molar-refractivity contribution in [2.75, 3.05) is 23.6 Å². The number of anilines is 1. The van der Waals surface area contributed by atoms with Gasteiger partial charge in [-0.1, -0.05) is 12.1 Å². The lowest BCUT2D eigenvalue weighted by Gasteiger charge is -2.10. The highest BCUT2D eigenvalue weighted by Gasteiger charge is 2.22. The zero-order valence-corrected chi connectivity index (χ0v) is 12.6. The van der Waals surface area contributed by atoms with Crippen molar-refractivity contribution < 1.29 is 14.3 Å². The third-order valence-electron chi connectivity index (χ3n) is 2.91. The van der Waals surface area contributed by atoms with Gasteiger partial charge in [0, 0.05) is 23.4 Å². The second-order valence-electron chi connectivity index (χ2n) is 4.47. The molecule has 1 heterocycles. The predicted octanol–water partition coefficient (Wildman–Crippen LogP) is 1.86. The zero-order chi connectivity index (χ0) is 15.1. The maximum Gasteiger partial charge on any atom is 0.330 e. The minimum absolute atomic E-state index is 0.0187. The molecule has 1 saturated heterocycles. The summed E-state index contributed by atoms with van der Waals surface area (Å²) in [5.41, 5.74) is 1.61. The Morgan fingerprint density at radius 1 is 1.43 bits per heavy atom. The van der Waals surface area contributed by atoms with E-state index in [9.17, 15) is 9.59 Å². The third-order valence-corrected chi connectivity index (χ3v) is 3.85. The van der Waals surface area contributed by atoms with Gasteiger partial charge in [0.1, 0.15) is 0 Å². The van der Waals surface area contributed by atoms with E-state index in [-0.39, 0.29) is 17.9 Å². The summed E-state index contributed by atoms with van der Waals surface area (Å²) in [5, 5.41) is 5.99. The number of thioether (sulfide) groups is 1. The van der Waals surface area contributed by atoms with Gasteiger partial charge in [0.15, 0.2) is 0 Å². The van der Waals surface area contributed by atoms with Gasteiger partial charge in [-0.2, -0.15) is 0 Å². The Bertz CT molecular complexity index is 522. The fraction of sp³-hybridized carbons (Fsp3) is 0.333. The standard InChI is InChI=1S/C15H18N2O3S/c1-2-20-14(18)8-5-11-3-6-12(7-4-11)17-15(19)13-9-21-10-16-13/h3-8,13,16H,2,9-10H2,1H3,(H,17,19)/b8-5+. The van der Waals surface area contributed by atoms with E-state index in [1.54, 1.807) is 24.8 Å². The van der Waals surface area contributed by atoms with E-state index in [0.29, 0.717) is 6.61 Å². The van der Waals surface area contributed by atoms with Crippen LogP contribution in [0.1, 0.15) is 12.5 Å². The Kier molecular flexibility index (Phi) is 5.83. The van der Waals surface area contributed by atoms with Gasteiger partial charge < -0.3 is 10.1 Å². The smallest absolute Gasteiger partial charge is 0.330 e. The molecule has 112 valence electrons. The molecule has 1 atom stereocenters. The number of benzene rings is 1. The molecule has 21 heavy (non-hydrogen) atoms. The minimum atomic E-state index is -0.361. The first-order valence-corrected chi connectivity index (χ1v) is 7.91. The van der Waals surface area contributed by atoms with Crippen LogP contribution in [0.25, 0.3) is 6.08 Å². The topological polar surface area (TPSA) is 67.4 Å². The second kappa shape index (κ2) is 7.85. The molecule has 1 unspecified atom stereocenters. The largest absolute Gasteiger partial charge is 0.463 e. The number of esters is 1. The lowest BCUT2D eigenvalue weighted by atomic mass is 10.2. The lowest BCUT2D eigenvalue weighted by Crippen LogP contribution is -2.37. The number of ether oxygens (including phenoxy) is 1. The maximum absolute atomic E-state index is 11.9. The Morgan fingerprint density at radius 3 is 2.81 bits per heavy atom. The molecule has 2 rings (SSSR count). The van der Waals surface area contributed by atoms with Gasteiger partial charge in [-0.25, -0.2) is 4.79 Å². The number of rotatable bonds is 5. The van der Waals surface area contributed by atoms with Gasteiger partial charge in [0.25, 0.3) is 0 Å². The molecule has 0 spiro atoms. The number of hydrogen-bond donors (Lipinski definition) is 2. The molecule has 1 amide bonds. The zero-order valence-electron chi connectivity index (χ0n) is 11.8. The predicted molar refractivity (Wildman–Crippen MR) is 85.0 cm³/mol. The van der Waals surface area contributed by atoms with Gasteiger partial charge >= 0.3 is 5.97 Å². The van der Waals surface area contributed by atoms with Crippen molar-refractivity contribution in [1.82, 2.24) is 5.32 Å². The van der Waals surface area contributed by atoms with E-state index >= 15 is 0 Å². The third kappa shape index (κ3) is 4.91. The van der Waals surface area contributed by atoms with Crippen molar-refractivity contribution in [3.8, 4) is 0 Å². The van der Waals surface area contributed by atoms with Crippen LogP contribution in [0.15, 0.2) is 30.3 Å². The van der Waals surface area contributed by atoms with E-state index in [0.717, 1.165) is 22.9 Å². The summed E-state index contributed by atoms with van der Waals surface area (Å²) in [5.74, 6) is 1.23. The lowest BCUT2D eigenvalue weighted by molar-refractivity contribution is -0.137. The molecular weight excluding hydrogens is 288 g/mol. The van der Waals surface area contributed by atoms with E-state index in [1.807, 2.05) is 24.3 Å². The van der Waals surface area contributed by atoms with Gasteiger partial charge in [0.05, 0.1) is 12.6 Å². The van der Waals surface area contributed by atoms with Crippen molar-refractivity contribution in [1.29, 1.82) is 0 Å². The summed E-state index contributed by atoms with van der Waals surface area (Å²) >= 11 is 1.71. The van der Waals surface area contributed by atoms with Crippen LogP contribution in [0.5, 0.6) is 0 Å². The Hall–Kier alpha value is -1.79. The van der Waals surface area contributed by atoms with Crippen molar-refractivity contribution in [2.45, 2.75) is 13.0 Å². The molecular formula is C15H18N2O3S. The molecule has 0 saturated carbocycles.